The molecular formula is C12H14FNO5. The molecule has 6 nitrogen and oxygen atoms in total. The van der Waals surface area contributed by atoms with Crippen molar-refractivity contribution in [3.05, 3.63) is 35.1 Å². The second kappa shape index (κ2) is 6.26. The summed E-state index contributed by atoms with van der Waals surface area (Å²) in [5.41, 5.74) is -0.406. The molecule has 1 amide bonds. The van der Waals surface area contributed by atoms with E-state index < -0.39 is 29.9 Å². The monoisotopic (exact) mass is 271 g/mol. The smallest absolute Gasteiger partial charge is 0.335 e. The predicted molar refractivity (Wildman–Crippen MR) is 63.0 cm³/mol. The third-order valence-corrected chi connectivity index (χ3v) is 2.43. The first-order chi connectivity index (χ1) is 8.81. The van der Waals surface area contributed by atoms with E-state index in [1.165, 1.54) is 6.92 Å². The SMILES string of the molecule is CC(=O)NCC(O)C(O)c1cc(F)cc(C(=O)O)c1. The lowest BCUT2D eigenvalue weighted by molar-refractivity contribution is -0.119. The summed E-state index contributed by atoms with van der Waals surface area (Å²) in [5.74, 6) is -2.57. The molecule has 0 aliphatic heterocycles. The summed E-state index contributed by atoms with van der Waals surface area (Å²) in [5, 5.41) is 30.4. The van der Waals surface area contributed by atoms with Crippen molar-refractivity contribution in [3.63, 3.8) is 0 Å². The number of benzene rings is 1. The highest BCUT2D eigenvalue weighted by molar-refractivity contribution is 5.87. The van der Waals surface area contributed by atoms with E-state index in [0.717, 1.165) is 18.2 Å². The van der Waals surface area contributed by atoms with Crippen LogP contribution in [0.4, 0.5) is 4.39 Å². The molecule has 0 fully saturated rings. The minimum Gasteiger partial charge on any atom is -0.478 e. The Bertz CT molecular complexity index is 491. The summed E-state index contributed by atoms with van der Waals surface area (Å²) >= 11 is 0. The molecule has 4 N–H and O–H groups in total. The maximum absolute atomic E-state index is 13.2. The standard InChI is InChI=1S/C12H14FNO5/c1-6(15)14-5-10(16)11(17)7-2-8(12(18)19)4-9(13)3-7/h2-4,10-11,16-17H,5H2,1H3,(H,14,15)(H,18,19). The van der Waals surface area contributed by atoms with Crippen LogP contribution in [0.5, 0.6) is 0 Å². The maximum atomic E-state index is 13.2. The van der Waals surface area contributed by atoms with Crippen LogP contribution in [0.2, 0.25) is 0 Å². The Kier molecular flexibility index (Phi) is 4.96. The second-order valence-electron chi connectivity index (χ2n) is 4.03. The summed E-state index contributed by atoms with van der Waals surface area (Å²) in [6.45, 7) is 1.01. The number of hydrogen-bond acceptors (Lipinski definition) is 4. The third kappa shape index (κ3) is 4.31. The number of aliphatic hydroxyl groups excluding tert-OH is 2. The van der Waals surface area contributed by atoms with Gasteiger partial charge in [0.2, 0.25) is 5.91 Å². The summed E-state index contributed by atoms with van der Waals surface area (Å²) in [7, 11) is 0. The van der Waals surface area contributed by atoms with Crippen LogP contribution in [0, 0.1) is 5.82 Å². The summed E-state index contributed by atoms with van der Waals surface area (Å²) < 4.78 is 13.2. The Hall–Kier alpha value is -1.99. The fourth-order valence-electron chi connectivity index (χ4n) is 1.49. The van der Waals surface area contributed by atoms with E-state index in [4.69, 9.17) is 5.11 Å². The number of halogens is 1. The molecule has 1 rings (SSSR count). The quantitative estimate of drug-likeness (QED) is 0.605. The van der Waals surface area contributed by atoms with Gasteiger partial charge in [-0.2, -0.15) is 0 Å². The van der Waals surface area contributed by atoms with Crippen molar-refractivity contribution in [2.24, 2.45) is 0 Å². The van der Waals surface area contributed by atoms with Gasteiger partial charge in [-0.1, -0.05) is 0 Å². The lowest BCUT2D eigenvalue weighted by Crippen LogP contribution is -2.34. The molecule has 0 aliphatic rings. The number of carboxylic acid groups (broad SMARTS) is 1. The summed E-state index contributed by atoms with van der Waals surface area (Å²) in [6, 6.07) is 2.79. The van der Waals surface area contributed by atoms with E-state index in [-0.39, 0.29) is 17.7 Å². The zero-order valence-corrected chi connectivity index (χ0v) is 10.1. The number of rotatable bonds is 5. The molecule has 0 saturated carbocycles. The van der Waals surface area contributed by atoms with Crippen molar-refractivity contribution in [2.45, 2.75) is 19.1 Å². The van der Waals surface area contributed by atoms with Gasteiger partial charge in [-0.15, -0.1) is 0 Å². The van der Waals surface area contributed by atoms with Crippen LogP contribution in [-0.4, -0.2) is 39.8 Å². The highest BCUT2D eigenvalue weighted by Crippen LogP contribution is 2.20. The molecule has 0 spiro atoms. The normalized spacial score (nSPS) is 13.7. The molecule has 0 radical (unpaired) electrons. The molecule has 0 heterocycles. The molecule has 2 atom stereocenters. The highest BCUT2D eigenvalue weighted by Gasteiger charge is 2.20. The molecule has 104 valence electrons. The van der Waals surface area contributed by atoms with Crippen LogP contribution < -0.4 is 5.32 Å². The van der Waals surface area contributed by atoms with Gasteiger partial charge in [0.1, 0.15) is 18.0 Å². The van der Waals surface area contributed by atoms with Gasteiger partial charge in [0.05, 0.1) is 5.56 Å². The molecule has 19 heavy (non-hydrogen) atoms. The van der Waals surface area contributed by atoms with E-state index >= 15 is 0 Å². The molecule has 0 bridgehead atoms. The lowest BCUT2D eigenvalue weighted by atomic mass is 10.0. The van der Waals surface area contributed by atoms with Crippen molar-refractivity contribution in [1.82, 2.24) is 5.32 Å². The minimum atomic E-state index is -1.50. The fourth-order valence-corrected chi connectivity index (χ4v) is 1.49. The van der Waals surface area contributed by atoms with Crippen molar-refractivity contribution in [1.29, 1.82) is 0 Å². The topological polar surface area (TPSA) is 107 Å². The number of nitrogens with one attached hydrogen (secondary N) is 1. The Labute approximate surface area is 108 Å². The number of carboxylic acids is 1. The predicted octanol–water partition coefficient (Wildman–Crippen LogP) is 0.0543. The second-order valence-corrected chi connectivity index (χ2v) is 4.03. The number of aliphatic hydroxyl groups is 2. The molecular weight excluding hydrogens is 257 g/mol. The number of amides is 1. The van der Waals surface area contributed by atoms with Crippen LogP contribution in [0.25, 0.3) is 0 Å². The Morgan fingerprint density at radius 2 is 1.95 bits per heavy atom. The number of carbonyl (C=O) groups is 2. The van der Waals surface area contributed by atoms with Crippen molar-refractivity contribution < 1.29 is 29.3 Å². The van der Waals surface area contributed by atoms with E-state index in [9.17, 15) is 24.2 Å². The Morgan fingerprint density at radius 1 is 1.32 bits per heavy atom. The Morgan fingerprint density at radius 3 is 2.47 bits per heavy atom. The Balaban J connectivity index is 2.89. The average Bonchev–Trinajstić information content (AvgIpc) is 2.34. The first-order valence-corrected chi connectivity index (χ1v) is 5.45. The van der Waals surface area contributed by atoms with Gasteiger partial charge in [0, 0.05) is 13.5 Å². The number of carbonyl (C=O) groups excluding carboxylic acids is 1. The molecule has 1 aromatic carbocycles. The zero-order chi connectivity index (χ0) is 14.6. The van der Waals surface area contributed by atoms with Crippen LogP contribution in [-0.2, 0) is 4.79 Å². The van der Waals surface area contributed by atoms with Gasteiger partial charge < -0.3 is 20.6 Å². The van der Waals surface area contributed by atoms with Crippen LogP contribution >= 0.6 is 0 Å². The lowest BCUT2D eigenvalue weighted by Gasteiger charge is -2.18. The first kappa shape index (κ1) is 15.1. The molecule has 7 heteroatoms. The molecule has 0 saturated heterocycles. The average molecular weight is 271 g/mol. The fraction of sp³-hybridized carbons (Fsp3) is 0.333. The van der Waals surface area contributed by atoms with Crippen LogP contribution in [0.1, 0.15) is 28.9 Å². The third-order valence-electron chi connectivity index (χ3n) is 2.43. The minimum absolute atomic E-state index is 0.0738. The number of aromatic carboxylic acids is 1. The maximum Gasteiger partial charge on any atom is 0.335 e. The van der Waals surface area contributed by atoms with Crippen molar-refractivity contribution >= 4 is 11.9 Å². The van der Waals surface area contributed by atoms with E-state index in [0.29, 0.717) is 0 Å². The summed E-state index contributed by atoms with van der Waals surface area (Å²) in [4.78, 5) is 21.4. The zero-order valence-electron chi connectivity index (χ0n) is 10.1. The van der Waals surface area contributed by atoms with Gasteiger partial charge in [0.15, 0.2) is 0 Å². The van der Waals surface area contributed by atoms with E-state index in [2.05, 4.69) is 5.32 Å². The van der Waals surface area contributed by atoms with Crippen molar-refractivity contribution in [3.8, 4) is 0 Å². The van der Waals surface area contributed by atoms with Gasteiger partial charge in [-0.3, -0.25) is 4.79 Å². The van der Waals surface area contributed by atoms with Gasteiger partial charge >= 0.3 is 5.97 Å². The molecule has 0 aliphatic carbocycles. The van der Waals surface area contributed by atoms with Crippen molar-refractivity contribution in [2.75, 3.05) is 6.54 Å². The van der Waals surface area contributed by atoms with Crippen LogP contribution in [0.3, 0.4) is 0 Å². The number of hydrogen-bond donors (Lipinski definition) is 4. The van der Waals surface area contributed by atoms with Crippen LogP contribution in [0.15, 0.2) is 18.2 Å². The largest absolute Gasteiger partial charge is 0.478 e. The van der Waals surface area contributed by atoms with Gasteiger partial charge in [-0.05, 0) is 23.8 Å². The van der Waals surface area contributed by atoms with E-state index in [1.807, 2.05) is 0 Å². The van der Waals surface area contributed by atoms with Gasteiger partial charge in [-0.25, -0.2) is 9.18 Å². The molecule has 0 aromatic heterocycles. The molecule has 1 aromatic rings. The highest BCUT2D eigenvalue weighted by atomic mass is 19.1. The molecule has 2 unspecified atom stereocenters. The van der Waals surface area contributed by atoms with Gasteiger partial charge in [0.25, 0.3) is 0 Å². The van der Waals surface area contributed by atoms with E-state index in [1.54, 1.807) is 0 Å². The first-order valence-electron chi connectivity index (χ1n) is 5.45. The summed E-state index contributed by atoms with van der Waals surface area (Å²) in [6.07, 6.45) is -2.87.